The van der Waals surface area contributed by atoms with E-state index in [2.05, 4.69) is 17.1 Å². The SMILES string of the molecule is CCCC(N)CSc1n[nH]c(=O)n1C(C)C. The number of hydrogen-bond donors (Lipinski definition) is 2. The van der Waals surface area contributed by atoms with Crippen molar-refractivity contribution in [3.05, 3.63) is 10.5 Å². The lowest BCUT2D eigenvalue weighted by Gasteiger charge is -2.11. The van der Waals surface area contributed by atoms with Gasteiger partial charge in [0.25, 0.3) is 0 Å². The van der Waals surface area contributed by atoms with E-state index < -0.39 is 0 Å². The summed E-state index contributed by atoms with van der Waals surface area (Å²) in [6.45, 7) is 6.04. The molecule has 1 aromatic rings. The largest absolute Gasteiger partial charge is 0.344 e. The molecule has 0 fully saturated rings. The van der Waals surface area contributed by atoms with Gasteiger partial charge in [-0.25, -0.2) is 9.89 Å². The fourth-order valence-electron chi connectivity index (χ4n) is 1.48. The van der Waals surface area contributed by atoms with Crippen LogP contribution in [0.25, 0.3) is 0 Å². The highest BCUT2D eigenvalue weighted by molar-refractivity contribution is 7.99. The summed E-state index contributed by atoms with van der Waals surface area (Å²) in [6, 6.07) is 0.290. The molecule has 1 aromatic heterocycles. The Bertz CT molecular complexity index is 371. The van der Waals surface area contributed by atoms with Crippen LogP contribution in [-0.4, -0.2) is 26.6 Å². The fraction of sp³-hybridized carbons (Fsp3) is 0.800. The van der Waals surface area contributed by atoms with Crippen molar-refractivity contribution in [1.82, 2.24) is 14.8 Å². The molecule has 1 heterocycles. The zero-order valence-electron chi connectivity index (χ0n) is 10.1. The summed E-state index contributed by atoms with van der Waals surface area (Å²) in [7, 11) is 0. The molecule has 1 atom stereocenters. The fourth-order valence-corrected chi connectivity index (χ4v) is 2.56. The number of nitrogens with zero attached hydrogens (tertiary/aromatic N) is 2. The zero-order valence-corrected chi connectivity index (χ0v) is 10.9. The smallest absolute Gasteiger partial charge is 0.327 e. The summed E-state index contributed by atoms with van der Waals surface area (Å²) in [5.74, 6) is 0.796. The molecule has 0 aliphatic rings. The topological polar surface area (TPSA) is 76.7 Å². The lowest BCUT2D eigenvalue weighted by molar-refractivity contribution is 0.533. The second-order valence-electron chi connectivity index (χ2n) is 4.13. The van der Waals surface area contributed by atoms with Crippen molar-refractivity contribution in [2.24, 2.45) is 5.73 Å². The number of rotatable bonds is 6. The number of aromatic nitrogens is 3. The quantitative estimate of drug-likeness (QED) is 0.741. The third-order valence-corrected chi connectivity index (χ3v) is 3.42. The van der Waals surface area contributed by atoms with Crippen molar-refractivity contribution in [3.63, 3.8) is 0 Å². The maximum absolute atomic E-state index is 11.5. The first-order chi connectivity index (χ1) is 7.56. The van der Waals surface area contributed by atoms with Gasteiger partial charge in [-0.05, 0) is 20.3 Å². The Hall–Kier alpha value is -0.750. The van der Waals surface area contributed by atoms with Gasteiger partial charge in [-0.3, -0.25) is 4.57 Å². The van der Waals surface area contributed by atoms with E-state index in [-0.39, 0.29) is 17.8 Å². The molecule has 3 N–H and O–H groups in total. The summed E-state index contributed by atoms with van der Waals surface area (Å²) in [5.41, 5.74) is 5.77. The second kappa shape index (κ2) is 6.10. The third kappa shape index (κ3) is 3.38. The van der Waals surface area contributed by atoms with Crippen LogP contribution in [0.3, 0.4) is 0 Å². The average Bonchev–Trinajstić information content (AvgIpc) is 2.57. The van der Waals surface area contributed by atoms with E-state index in [1.54, 1.807) is 4.57 Å². The zero-order chi connectivity index (χ0) is 12.1. The Balaban J connectivity index is 2.64. The Morgan fingerprint density at radius 2 is 2.25 bits per heavy atom. The van der Waals surface area contributed by atoms with Crippen LogP contribution in [0, 0.1) is 0 Å². The predicted molar refractivity (Wildman–Crippen MR) is 66.8 cm³/mol. The standard InChI is InChI=1S/C10H20N4OS/c1-4-5-8(11)6-16-10-13-12-9(15)14(10)7(2)3/h7-8H,4-6,11H2,1-3H3,(H,12,15). The van der Waals surface area contributed by atoms with Crippen molar-refractivity contribution in [2.45, 2.75) is 50.9 Å². The van der Waals surface area contributed by atoms with Crippen molar-refractivity contribution in [3.8, 4) is 0 Å². The van der Waals surface area contributed by atoms with Crippen LogP contribution in [0.15, 0.2) is 9.95 Å². The number of nitrogens with two attached hydrogens (primary N) is 1. The van der Waals surface area contributed by atoms with Crippen molar-refractivity contribution < 1.29 is 0 Å². The van der Waals surface area contributed by atoms with E-state index >= 15 is 0 Å². The molecule has 0 radical (unpaired) electrons. The van der Waals surface area contributed by atoms with E-state index in [9.17, 15) is 4.79 Å². The highest BCUT2D eigenvalue weighted by Crippen LogP contribution is 2.18. The summed E-state index contributed by atoms with van der Waals surface area (Å²) in [5, 5.41) is 7.20. The minimum atomic E-state index is -0.151. The van der Waals surface area contributed by atoms with Crippen molar-refractivity contribution >= 4 is 11.8 Å². The lowest BCUT2D eigenvalue weighted by atomic mass is 10.2. The number of aromatic amines is 1. The van der Waals surface area contributed by atoms with E-state index in [1.807, 2.05) is 13.8 Å². The van der Waals surface area contributed by atoms with E-state index in [1.165, 1.54) is 11.8 Å². The van der Waals surface area contributed by atoms with Crippen LogP contribution in [0.4, 0.5) is 0 Å². The Kier molecular flexibility index (Phi) is 5.08. The molecule has 0 saturated heterocycles. The summed E-state index contributed by atoms with van der Waals surface area (Å²) < 4.78 is 1.66. The van der Waals surface area contributed by atoms with Crippen LogP contribution in [0.1, 0.15) is 39.7 Å². The molecular weight excluding hydrogens is 224 g/mol. The molecule has 16 heavy (non-hydrogen) atoms. The van der Waals surface area contributed by atoms with Crippen LogP contribution in [-0.2, 0) is 0 Å². The minimum absolute atomic E-state index is 0.121. The van der Waals surface area contributed by atoms with E-state index in [0.717, 1.165) is 23.8 Å². The number of nitrogens with one attached hydrogen (secondary N) is 1. The first-order valence-electron chi connectivity index (χ1n) is 5.61. The molecule has 0 saturated carbocycles. The molecule has 0 aliphatic heterocycles. The molecule has 0 aliphatic carbocycles. The molecule has 1 rings (SSSR count). The maximum Gasteiger partial charge on any atom is 0.344 e. The molecule has 6 heteroatoms. The van der Waals surface area contributed by atoms with E-state index in [4.69, 9.17) is 5.73 Å². The molecule has 0 amide bonds. The summed E-state index contributed by atoms with van der Waals surface area (Å²) >= 11 is 1.54. The van der Waals surface area contributed by atoms with Crippen molar-refractivity contribution in [2.75, 3.05) is 5.75 Å². The van der Waals surface area contributed by atoms with Gasteiger partial charge in [0, 0.05) is 17.8 Å². The minimum Gasteiger partial charge on any atom is -0.327 e. The molecule has 0 spiro atoms. The highest BCUT2D eigenvalue weighted by Gasteiger charge is 2.12. The third-order valence-electron chi connectivity index (χ3n) is 2.27. The summed E-state index contributed by atoms with van der Waals surface area (Å²) in [6.07, 6.45) is 2.09. The molecule has 92 valence electrons. The van der Waals surface area contributed by atoms with Gasteiger partial charge in [-0.1, -0.05) is 25.1 Å². The van der Waals surface area contributed by atoms with E-state index in [0.29, 0.717) is 0 Å². The molecule has 1 unspecified atom stereocenters. The van der Waals surface area contributed by atoms with Gasteiger partial charge < -0.3 is 5.73 Å². The van der Waals surface area contributed by atoms with Gasteiger partial charge in [0.1, 0.15) is 0 Å². The van der Waals surface area contributed by atoms with Crippen LogP contribution in [0.5, 0.6) is 0 Å². The first kappa shape index (κ1) is 13.3. The Morgan fingerprint density at radius 3 is 2.81 bits per heavy atom. The lowest BCUT2D eigenvalue weighted by Crippen LogP contribution is -2.23. The van der Waals surface area contributed by atoms with Gasteiger partial charge >= 0.3 is 5.69 Å². The Labute approximate surface area is 99.8 Å². The normalized spacial score (nSPS) is 13.3. The molecule has 0 bridgehead atoms. The van der Waals surface area contributed by atoms with Crippen LogP contribution >= 0.6 is 11.8 Å². The van der Waals surface area contributed by atoms with Crippen LogP contribution in [0.2, 0.25) is 0 Å². The number of H-pyrrole nitrogens is 1. The van der Waals surface area contributed by atoms with Gasteiger partial charge in [-0.15, -0.1) is 5.10 Å². The average molecular weight is 244 g/mol. The molecular formula is C10H20N4OS. The van der Waals surface area contributed by atoms with Crippen molar-refractivity contribution in [1.29, 1.82) is 0 Å². The maximum atomic E-state index is 11.5. The van der Waals surface area contributed by atoms with Gasteiger partial charge in [0.05, 0.1) is 0 Å². The molecule has 5 nitrogen and oxygen atoms in total. The predicted octanol–water partition coefficient (Wildman–Crippen LogP) is 1.37. The summed E-state index contributed by atoms with van der Waals surface area (Å²) in [4.78, 5) is 11.5. The number of thioether (sulfide) groups is 1. The monoisotopic (exact) mass is 244 g/mol. The Morgan fingerprint density at radius 1 is 1.56 bits per heavy atom. The first-order valence-corrected chi connectivity index (χ1v) is 6.60. The van der Waals surface area contributed by atoms with Gasteiger partial charge in [-0.2, -0.15) is 0 Å². The van der Waals surface area contributed by atoms with Gasteiger partial charge in [0.15, 0.2) is 5.16 Å². The van der Waals surface area contributed by atoms with Gasteiger partial charge in [0.2, 0.25) is 0 Å². The van der Waals surface area contributed by atoms with Crippen LogP contribution < -0.4 is 11.4 Å². The highest BCUT2D eigenvalue weighted by atomic mass is 32.2. The second-order valence-corrected chi connectivity index (χ2v) is 5.12. The number of hydrogen-bond acceptors (Lipinski definition) is 4. The molecule has 0 aromatic carbocycles.